The third-order valence-electron chi connectivity index (χ3n) is 5.30. The van der Waals surface area contributed by atoms with E-state index in [0.29, 0.717) is 19.6 Å². The third kappa shape index (κ3) is 10.8. The lowest BCUT2D eigenvalue weighted by Crippen LogP contribution is -2.31. The molecule has 0 saturated heterocycles. The second-order valence-corrected chi connectivity index (χ2v) is 9.34. The van der Waals surface area contributed by atoms with Crippen LogP contribution in [-0.4, -0.2) is 44.3 Å². The predicted octanol–water partition coefficient (Wildman–Crippen LogP) is 5.06. The maximum atomic E-state index is 12.8. The Kier molecular flexibility index (Phi) is 11.6. The predicted molar refractivity (Wildman–Crippen MR) is 134 cm³/mol. The van der Waals surface area contributed by atoms with E-state index in [1.807, 2.05) is 51.1 Å². The summed E-state index contributed by atoms with van der Waals surface area (Å²) >= 11 is 0. The number of aryl methyl sites for hydroxylation is 1. The van der Waals surface area contributed by atoms with E-state index in [9.17, 15) is 9.59 Å². The smallest absolute Gasteiger partial charge is 0.319 e. The Hall–Kier alpha value is -2.86. The van der Waals surface area contributed by atoms with Gasteiger partial charge in [0.2, 0.25) is 0 Å². The first-order chi connectivity index (χ1) is 16.3. The fraction of sp³-hybridized carbons (Fsp3) is 0.500. The second-order valence-electron chi connectivity index (χ2n) is 9.34. The van der Waals surface area contributed by atoms with Crippen molar-refractivity contribution in [3.63, 3.8) is 0 Å². The van der Waals surface area contributed by atoms with Gasteiger partial charge in [-0.25, -0.2) is 0 Å². The van der Waals surface area contributed by atoms with Gasteiger partial charge in [-0.2, -0.15) is 0 Å². The molecular formula is C28H39NO5. The zero-order valence-electron chi connectivity index (χ0n) is 21.0. The molecule has 0 aromatic heterocycles. The van der Waals surface area contributed by atoms with Crippen molar-refractivity contribution in [3.8, 4) is 5.75 Å². The van der Waals surface area contributed by atoms with Crippen molar-refractivity contribution in [1.82, 2.24) is 5.32 Å². The van der Waals surface area contributed by atoms with Crippen LogP contribution in [0, 0.1) is 0 Å². The fourth-order valence-corrected chi connectivity index (χ4v) is 3.54. The summed E-state index contributed by atoms with van der Waals surface area (Å²) < 4.78 is 16.2. The van der Waals surface area contributed by atoms with Crippen LogP contribution in [0.2, 0.25) is 0 Å². The van der Waals surface area contributed by atoms with Gasteiger partial charge >= 0.3 is 11.9 Å². The monoisotopic (exact) mass is 469 g/mol. The van der Waals surface area contributed by atoms with E-state index in [1.165, 1.54) is 12.7 Å². The highest BCUT2D eigenvalue weighted by Crippen LogP contribution is 2.26. The van der Waals surface area contributed by atoms with Crippen molar-refractivity contribution in [2.45, 2.75) is 64.4 Å². The molecule has 0 radical (unpaired) electrons. The molecule has 0 aliphatic carbocycles. The third-order valence-corrected chi connectivity index (χ3v) is 5.30. The Bertz CT molecular complexity index is 859. The fourth-order valence-electron chi connectivity index (χ4n) is 3.54. The van der Waals surface area contributed by atoms with Gasteiger partial charge in [-0.15, -0.1) is 0 Å². The molecule has 0 aliphatic heterocycles. The molecule has 0 bridgehead atoms. The van der Waals surface area contributed by atoms with E-state index in [4.69, 9.17) is 9.47 Å². The lowest BCUT2D eigenvalue weighted by atomic mass is 9.95. The number of unbranched alkanes of at least 4 members (excludes halogenated alkanes) is 2. The molecule has 2 aromatic carbocycles. The van der Waals surface area contributed by atoms with Gasteiger partial charge in [-0.1, -0.05) is 42.5 Å². The van der Waals surface area contributed by atoms with Gasteiger partial charge in [0.15, 0.2) is 0 Å². The molecule has 1 atom stereocenters. The van der Waals surface area contributed by atoms with Gasteiger partial charge in [-0.3, -0.25) is 9.59 Å². The number of ether oxygens (including phenoxy) is 3. The minimum absolute atomic E-state index is 0.107. The summed E-state index contributed by atoms with van der Waals surface area (Å²) in [5.41, 5.74) is 1.67. The Labute approximate surface area is 204 Å². The molecule has 186 valence electrons. The van der Waals surface area contributed by atoms with Crippen LogP contribution in [0.1, 0.15) is 63.5 Å². The molecule has 2 rings (SSSR count). The molecule has 0 spiro atoms. The molecular weight excluding hydrogens is 430 g/mol. The molecule has 0 fully saturated rings. The first-order valence-corrected chi connectivity index (χ1v) is 12.1. The first kappa shape index (κ1) is 27.4. The summed E-state index contributed by atoms with van der Waals surface area (Å²) in [6.45, 7) is 6.83. The lowest BCUT2D eigenvalue weighted by Gasteiger charge is -2.24. The molecule has 0 aliphatic rings. The highest BCUT2D eigenvalue weighted by Gasteiger charge is 2.26. The summed E-state index contributed by atoms with van der Waals surface area (Å²) in [6.07, 6.45) is 4.87. The van der Waals surface area contributed by atoms with Gasteiger partial charge in [0.05, 0.1) is 26.2 Å². The number of benzene rings is 2. The largest absolute Gasteiger partial charge is 0.494 e. The van der Waals surface area contributed by atoms with E-state index in [0.717, 1.165) is 37.0 Å². The minimum atomic E-state index is -0.571. The van der Waals surface area contributed by atoms with Crippen molar-refractivity contribution in [2.24, 2.45) is 0 Å². The standard InChI is InChI=1S/C28H39NO5/c1-28(2,3)34-27(31)25(18-19-29-21-26(30)32-4)23-14-16-24(17-15-23)33-20-10-6-9-13-22-11-7-5-8-12-22/h5,7-8,11-12,14-17,25,29H,6,9-10,13,18-21H2,1-4H3. The molecule has 0 saturated carbocycles. The highest BCUT2D eigenvalue weighted by molar-refractivity contribution is 5.78. The highest BCUT2D eigenvalue weighted by atomic mass is 16.6. The summed E-state index contributed by atoms with van der Waals surface area (Å²) in [4.78, 5) is 24.1. The van der Waals surface area contributed by atoms with Gasteiger partial charge in [0, 0.05) is 0 Å². The van der Waals surface area contributed by atoms with E-state index in [1.54, 1.807) is 0 Å². The van der Waals surface area contributed by atoms with Crippen LogP contribution in [0.3, 0.4) is 0 Å². The van der Waals surface area contributed by atoms with Crippen LogP contribution in [0.15, 0.2) is 54.6 Å². The average molecular weight is 470 g/mol. The van der Waals surface area contributed by atoms with Crippen molar-refractivity contribution >= 4 is 11.9 Å². The molecule has 2 aromatic rings. The van der Waals surface area contributed by atoms with Gasteiger partial charge < -0.3 is 19.5 Å². The molecule has 1 unspecified atom stereocenters. The average Bonchev–Trinajstić information content (AvgIpc) is 2.81. The summed E-state index contributed by atoms with van der Waals surface area (Å²) in [5, 5.41) is 3.01. The van der Waals surface area contributed by atoms with Crippen LogP contribution < -0.4 is 10.1 Å². The maximum absolute atomic E-state index is 12.8. The molecule has 0 amide bonds. The zero-order valence-corrected chi connectivity index (χ0v) is 21.0. The Morgan fingerprint density at radius 1 is 0.941 bits per heavy atom. The van der Waals surface area contributed by atoms with E-state index in [2.05, 4.69) is 34.3 Å². The van der Waals surface area contributed by atoms with Crippen molar-refractivity contribution in [1.29, 1.82) is 0 Å². The molecule has 0 heterocycles. The van der Waals surface area contributed by atoms with Crippen LogP contribution in [0.4, 0.5) is 0 Å². The maximum Gasteiger partial charge on any atom is 0.319 e. The number of rotatable bonds is 14. The van der Waals surface area contributed by atoms with Gasteiger partial charge in [-0.05, 0) is 82.7 Å². The second kappa shape index (κ2) is 14.4. The molecule has 34 heavy (non-hydrogen) atoms. The number of methoxy groups -OCH3 is 1. The zero-order chi connectivity index (χ0) is 24.8. The normalized spacial score (nSPS) is 12.1. The van der Waals surface area contributed by atoms with E-state index in [-0.39, 0.29) is 18.5 Å². The molecule has 6 nitrogen and oxygen atoms in total. The number of carbonyl (C=O) groups is 2. The van der Waals surface area contributed by atoms with Crippen molar-refractivity contribution in [2.75, 3.05) is 26.8 Å². The number of carbonyl (C=O) groups excluding carboxylic acids is 2. The summed E-state index contributed by atoms with van der Waals surface area (Å²) in [6, 6.07) is 18.2. The molecule has 6 heteroatoms. The number of hydrogen-bond acceptors (Lipinski definition) is 6. The van der Waals surface area contributed by atoms with E-state index < -0.39 is 11.5 Å². The van der Waals surface area contributed by atoms with Crippen molar-refractivity contribution < 1.29 is 23.8 Å². The SMILES string of the molecule is COC(=O)CNCCC(C(=O)OC(C)(C)C)c1ccc(OCCCCCc2ccccc2)cc1. The Balaban J connectivity index is 1.83. The topological polar surface area (TPSA) is 73.9 Å². The number of hydrogen-bond donors (Lipinski definition) is 1. The van der Waals surface area contributed by atoms with Crippen LogP contribution >= 0.6 is 0 Å². The number of esters is 2. The van der Waals surface area contributed by atoms with E-state index >= 15 is 0 Å². The summed E-state index contributed by atoms with van der Waals surface area (Å²) in [5.74, 6) is -0.259. The Morgan fingerprint density at radius 2 is 1.65 bits per heavy atom. The quantitative estimate of drug-likeness (QED) is 0.308. The first-order valence-electron chi connectivity index (χ1n) is 12.1. The van der Waals surface area contributed by atoms with Crippen LogP contribution in [0.5, 0.6) is 5.75 Å². The lowest BCUT2D eigenvalue weighted by molar-refractivity contribution is -0.156. The van der Waals surface area contributed by atoms with Crippen LogP contribution in [-0.2, 0) is 25.5 Å². The Morgan fingerprint density at radius 3 is 2.29 bits per heavy atom. The molecule has 1 N–H and O–H groups in total. The van der Waals surface area contributed by atoms with Gasteiger partial charge in [0.25, 0.3) is 0 Å². The number of nitrogens with one attached hydrogen (secondary N) is 1. The summed E-state index contributed by atoms with van der Waals surface area (Å²) in [7, 11) is 1.35. The minimum Gasteiger partial charge on any atom is -0.494 e. The van der Waals surface area contributed by atoms with Crippen LogP contribution in [0.25, 0.3) is 0 Å². The van der Waals surface area contributed by atoms with Crippen molar-refractivity contribution in [3.05, 3.63) is 65.7 Å². The van der Waals surface area contributed by atoms with Gasteiger partial charge in [0.1, 0.15) is 11.4 Å².